The van der Waals surface area contributed by atoms with Crippen molar-refractivity contribution < 1.29 is 4.74 Å². The monoisotopic (exact) mass is 541 g/mol. The fraction of sp³-hybridized carbons (Fsp3) is 0.469. The van der Waals surface area contributed by atoms with Gasteiger partial charge in [0.05, 0.1) is 11.3 Å². The lowest BCUT2D eigenvalue weighted by Crippen LogP contribution is -2.43. The summed E-state index contributed by atoms with van der Waals surface area (Å²) in [5, 5.41) is 12.6. The Labute approximate surface area is 238 Å². The molecule has 0 bridgehead atoms. The Morgan fingerprint density at radius 2 is 1.55 bits per heavy atom. The van der Waals surface area contributed by atoms with Crippen molar-refractivity contribution in [1.29, 1.82) is 5.41 Å². The third kappa shape index (κ3) is 6.29. The Morgan fingerprint density at radius 3 is 2.20 bits per heavy atom. The van der Waals surface area contributed by atoms with Crippen LogP contribution >= 0.6 is 0 Å². The molecule has 8 heteroatoms. The number of piperidine rings is 1. The highest BCUT2D eigenvalue weighted by Crippen LogP contribution is 2.41. The van der Waals surface area contributed by atoms with Gasteiger partial charge in [-0.1, -0.05) is 32.0 Å². The molecule has 2 atom stereocenters. The third-order valence-electron chi connectivity index (χ3n) is 8.57. The summed E-state index contributed by atoms with van der Waals surface area (Å²) in [5.41, 5.74) is 7.92. The van der Waals surface area contributed by atoms with Crippen molar-refractivity contribution in [2.24, 2.45) is 11.8 Å². The molecule has 2 unspecified atom stereocenters. The zero-order valence-electron chi connectivity index (χ0n) is 24.0. The Hall–Kier alpha value is -3.49. The highest BCUT2D eigenvalue weighted by atomic mass is 16.5. The van der Waals surface area contributed by atoms with Gasteiger partial charge in [-0.2, -0.15) is 0 Å². The van der Waals surface area contributed by atoms with E-state index in [2.05, 4.69) is 32.1 Å². The van der Waals surface area contributed by atoms with Gasteiger partial charge in [0, 0.05) is 30.7 Å². The first-order valence-electron chi connectivity index (χ1n) is 14.8. The van der Waals surface area contributed by atoms with Crippen LogP contribution in [0.15, 0.2) is 60.9 Å². The van der Waals surface area contributed by atoms with E-state index in [9.17, 15) is 0 Å². The summed E-state index contributed by atoms with van der Waals surface area (Å²) in [5.74, 6) is 3.93. The van der Waals surface area contributed by atoms with Gasteiger partial charge in [-0.3, -0.25) is 10.3 Å². The van der Waals surface area contributed by atoms with Gasteiger partial charge in [-0.25, -0.2) is 9.97 Å². The topological polar surface area (TPSA) is 103 Å². The number of para-hydroxylation sites is 1. The van der Waals surface area contributed by atoms with Crippen LogP contribution in [-0.4, -0.2) is 70.8 Å². The number of nitrogen functional groups attached to an aromatic ring is 1. The summed E-state index contributed by atoms with van der Waals surface area (Å²) in [6.07, 6.45) is 6.35. The van der Waals surface area contributed by atoms with E-state index < -0.39 is 0 Å². The quantitative estimate of drug-likeness (QED) is 0.339. The standard InChI is InChI=1S/C30H37N7O.C2H6/c1-36-13-11-24(12-14-36)37-17-21-15-23(16-22(21)18-37)35-30-27(29(32)33-19-34-30)28(31)20-7-9-26(10-8-20)38-25-5-3-2-4-6-25;1-2/h2-10,19,21-24,31H,11-18H2,1H3,(H3,32,33,34,35);1-2H3. The number of hydrogen-bond acceptors (Lipinski definition) is 8. The van der Waals surface area contributed by atoms with Crippen molar-refractivity contribution in [3.05, 3.63) is 72.1 Å². The number of ether oxygens (including phenoxy) is 1. The number of anilines is 2. The molecule has 4 N–H and O–H groups in total. The summed E-state index contributed by atoms with van der Waals surface area (Å²) in [6.45, 7) is 8.85. The highest BCUT2D eigenvalue weighted by Gasteiger charge is 2.43. The summed E-state index contributed by atoms with van der Waals surface area (Å²) in [4.78, 5) is 13.9. The molecule has 0 radical (unpaired) electrons. The van der Waals surface area contributed by atoms with Crippen molar-refractivity contribution in [3.8, 4) is 11.5 Å². The Balaban J connectivity index is 0.00000158. The van der Waals surface area contributed by atoms with Crippen molar-refractivity contribution in [3.63, 3.8) is 0 Å². The minimum absolute atomic E-state index is 0.309. The molecule has 1 aliphatic carbocycles. The van der Waals surface area contributed by atoms with Gasteiger partial charge in [0.2, 0.25) is 0 Å². The summed E-state index contributed by atoms with van der Waals surface area (Å²) in [6, 6.07) is 18.3. The average Bonchev–Trinajstić information content (AvgIpc) is 3.54. The molecule has 3 aromatic rings. The van der Waals surface area contributed by atoms with Gasteiger partial charge in [-0.15, -0.1) is 0 Å². The van der Waals surface area contributed by atoms with E-state index in [4.69, 9.17) is 15.9 Å². The maximum absolute atomic E-state index is 8.95. The predicted octanol–water partition coefficient (Wildman–Crippen LogP) is 5.51. The van der Waals surface area contributed by atoms with Gasteiger partial charge in [0.15, 0.2) is 0 Å². The molecule has 1 aromatic heterocycles. The minimum Gasteiger partial charge on any atom is -0.457 e. The lowest BCUT2D eigenvalue weighted by atomic mass is 10.0. The van der Waals surface area contributed by atoms with Crippen LogP contribution in [0.4, 0.5) is 11.6 Å². The molecule has 6 rings (SSSR count). The molecule has 2 saturated heterocycles. The van der Waals surface area contributed by atoms with Gasteiger partial charge < -0.3 is 20.7 Å². The van der Waals surface area contributed by atoms with E-state index in [-0.39, 0.29) is 0 Å². The van der Waals surface area contributed by atoms with Gasteiger partial charge in [0.1, 0.15) is 29.5 Å². The molecule has 3 aliphatic rings. The van der Waals surface area contributed by atoms with E-state index >= 15 is 0 Å². The van der Waals surface area contributed by atoms with E-state index in [0.717, 1.165) is 47.8 Å². The second-order valence-electron chi connectivity index (χ2n) is 11.1. The van der Waals surface area contributed by atoms with Crippen LogP contribution in [0.5, 0.6) is 11.5 Å². The molecule has 0 amide bonds. The number of likely N-dealkylation sites (tertiary alicyclic amines) is 2. The molecular weight excluding hydrogens is 498 g/mol. The molecule has 2 aromatic carbocycles. The van der Waals surface area contributed by atoms with E-state index in [1.807, 2.05) is 68.4 Å². The molecule has 40 heavy (non-hydrogen) atoms. The molecule has 1 saturated carbocycles. The Bertz CT molecular complexity index is 1240. The number of fused-ring (bicyclic) bond motifs is 1. The number of nitrogens with two attached hydrogens (primary N) is 1. The largest absolute Gasteiger partial charge is 0.457 e. The second-order valence-corrected chi connectivity index (χ2v) is 11.1. The van der Waals surface area contributed by atoms with Gasteiger partial charge >= 0.3 is 0 Å². The maximum atomic E-state index is 8.95. The zero-order valence-corrected chi connectivity index (χ0v) is 24.0. The molecule has 3 fully saturated rings. The van der Waals surface area contributed by atoms with Crippen LogP contribution in [0.25, 0.3) is 0 Å². The summed E-state index contributed by atoms with van der Waals surface area (Å²) >= 11 is 0. The predicted molar refractivity (Wildman–Crippen MR) is 162 cm³/mol. The fourth-order valence-electron chi connectivity index (χ4n) is 6.52. The second kappa shape index (κ2) is 12.8. The molecule has 8 nitrogen and oxygen atoms in total. The van der Waals surface area contributed by atoms with Crippen molar-refractivity contribution in [2.45, 2.75) is 51.6 Å². The molecule has 0 spiro atoms. The fourth-order valence-corrected chi connectivity index (χ4v) is 6.52. The molecule has 212 valence electrons. The first-order valence-corrected chi connectivity index (χ1v) is 14.8. The van der Waals surface area contributed by atoms with Crippen LogP contribution in [0.1, 0.15) is 50.7 Å². The molecule has 2 aliphatic heterocycles. The number of nitrogens with zero attached hydrogens (tertiary/aromatic N) is 4. The maximum Gasteiger partial charge on any atom is 0.141 e. The number of benzene rings is 2. The summed E-state index contributed by atoms with van der Waals surface area (Å²) in [7, 11) is 2.23. The van der Waals surface area contributed by atoms with Crippen molar-refractivity contribution in [2.75, 3.05) is 44.3 Å². The average molecular weight is 542 g/mol. The van der Waals surface area contributed by atoms with Crippen LogP contribution in [-0.2, 0) is 0 Å². The number of nitrogens with one attached hydrogen (secondary N) is 2. The first kappa shape index (κ1) is 28.1. The smallest absolute Gasteiger partial charge is 0.141 e. The number of rotatable bonds is 7. The van der Waals surface area contributed by atoms with E-state index in [0.29, 0.717) is 29.0 Å². The van der Waals surface area contributed by atoms with Crippen LogP contribution < -0.4 is 15.8 Å². The van der Waals surface area contributed by atoms with Crippen LogP contribution in [0.3, 0.4) is 0 Å². The van der Waals surface area contributed by atoms with E-state index in [1.165, 1.54) is 45.3 Å². The van der Waals surface area contributed by atoms with Crippen molar-refractivity contribution >= 4 is 17.3 Å². The number of hydrogen-bond donors (Lipinski definition) is 3. The molecular formula is C32H43N7O. The highest BCUT2D eigenvalue weighted by molar-refractivity contribution is 6.16. The zero-order chi connectivity index (χ0) is 28.1. The van der Waals surface area contributed by atoms with Crippen LogP contribution in [0.2, 0.25) is 0 Å². The lowest BCUT2D eigenvalue weighted by molar-refractivity contribution is 0.135. The summed E-state index contributed by atoms with van der Waals surface area (Å²) < 4.78 is 5.90. The van der Waals surface area contributed by atoms with E-state index in [1.54, 1.807) is 0 Å². The van der Waals surface area contributed by atoms with Crippen molar-refractivity contribution in [1.82, 2.24) is 19.8 Å². The first-order chi connectivity index (χ1) is 19.5. The SMILES string of the molecule is CC.CN1CCC(N2CC3CC(Nc4ncnc(N)c4C(=N)c4ccc(Oc5ccccc5)cc4)CC3C2)CC1. The Kier molecular flexibility index (Phi) is 8.97. The van der Waals surface area contributed by atoms with Crippen LogP contribution in [0, 0.1) is 17.2 Å². The minimum atomic E-state index is 0.309. The number of aromatic nitrogens is 2. The van der Waals surface area contributed by atoms with Gasteiger partial charge in [0.25, 0.3) is 0 Å². The molecule has 3 heterocycles. The van der Waals surface area contributed by atoms with Gasteiger partial charge in [-0.05, 0) is 94.1 Å². The lowest BCUT2D eigenvalue weighted by Gasteiger charge is -2.35. The normalized spacial score (nSPS) is 23.2. The Morgan fingerprint density at radius 1 is 0.925 bits per heavy atom. The third-order valence-corrected chi connectivity index (χ3v) is 8.57.